The van der Waals surface area contributed by atoms with Gasteiger partial charge >= 0.3 is 0 Å². The Labute approximate surface area is 193 Å². The number of methoxy groups -OCH3 is 1. The first-order chi connectivity index (χ1) is 16.3. The quantitative estimate of drug-likeness (QED) is 0.560. The van der Waals surface area contributed by atoms with Crippen LogP contribution in [0.5, 0.6) is 17.2 Å². The molecule has 2 aliphatic rings. The lowest BCUT2D eigenvalue weighted by Crippen LogP contribution is -2.33. The van der Waals surface area contributed by atoms with Crippen LogP contribution in [0.1, 0.15) is 16.7 Å². The van der Waals surface area contributed by atoms with E-state index in [9.17, 15) is 0 Å². The van der Waals surface area contributed by atoms with Gasteiger partial charge in [0.05, 0.1) is 12.7 Å². The summed E-state index contributed by atoms with van der Waals surface area (Å²) in [5.41, 5.74) is 3.02. The van der Waals surface area contributed by atoms with Crippen molar-refractivity contribution < 1.29 is 14.2 Å². The summed E-state index contributed by atoms with van der Waals surface area (Å²) in [6, 6.07) is 23.8. The van der Waals surface area contributed by atoms with Gasteiger partial charge in [0.1, 0.15) is 48.5 Å². The van der Waals surface area contributed by atoms with E-state index in [1.807, 2.05) is 84.9 Å². The zero-order chi connectivity index (χ0) is 22.5. The summed E-state index contributed by atoms with van der Waals surface area (Å²) >= 11 is 0. The normalized spacial score (nSPS) is 18.3. The molecule has 33 heavy (non-hydrogen) atoms. The van der Waals surface area contributed by atoms with Crippen LogP contribution in [0.3, 0.4) is 0 Å². The highest BCUT2D eigenvalue weighted by molar-refractivity contribution is 6.03. The van der Waals surface area contributed by atoms with Crippen molar-refractivity contribution in [2.45, 2.75) is 25.4 Å². The highest BCUT2D eigenvalue weighted by Gasteiger charge is 2.29. The number of ether oxygens (including phenoxy) is 3. The van der Waals surface area contributed by atoms with Crippen LogP contribution in [0.4, 0.5) is 0 Å². The Kier molecular flexibility index (Phi) is 6.06. The first-order valence-electron chi connectivity index (χ1n) is 10.9. The number of benzene rings is 3. The third kappa shape index (κ3) is 4.90. The summed E-state index contributed by atoms with van der Waals surface area (Å²) in [4.78, 5) is 9.31. The molecule has 0 fully saturated rings. The number of dihydropyridines is 1. The molecule has 2 heterocycles. The van der Waals surface area contributed by atoms with Crippen LogP contribution in [-0.2, 0) is 13.2 Å². The number of nitrogens with one attached hydrogen (secondary N) is 1. The van der Waals surface area contributed by atoms with Crippen LogP contribution in [0, 0.1) is 0 Å². The number of rotatable bonds is 8. The van der Waals surface area contributed by atoms with E-state index in [1.54, 1.807) is 13.3 Å². The van der Waals surface area contributed by atoms with Gasteiger partial charge in [-0.05, 0) is 47.5 Å². The number of nitrogens with zero attached hydrogens (tertiary/aromatic N) is 2. The average Bonchev–Trinajstić information content (AvgIpc) is 3.32. The van der Waals surface area contributed by atoms with Gasteiger partial charge in [0.15, 0.2) is 0 Å². The van der Waals surface area contributed by atoms with Crippen molar-refractivity contribution in [1.82, 2.24) is 5.32 Å². The molecule has 0 amide bonds. The maximum absolute atomic E-state index is 6.21. The van der Waals surface area contributed by atoms with Crippen molar-refractivity contribution in [2.24, 2.45) is 9.98 Å². The van der Waals surface area contributed by atoms with Gasteiger partial charge in [0.2, 0.25) is 0 Å². The largest absolute Gasteiger partial charge is 0.497 e. The molecule has 0 radical (unpaired) electrons. The van der Waals surface area contributed by atoms with Crippen LogP contribution < -0.4 is 19.5 Å². The Bertz CT molecular complexity index is 1190. The molecule has 6 nitrogen and oxygen atoms in total. The number of aliphatic imine (C=N–C) groups is 2. The molecule has 5 rings (SSSR count). The molecule has 0 saturated carbocycles. The highest BCUT2D eigenvalue weighted by Crippen LogP contribution is 2.29. The van der Waals surface area contributed by atoms with Gasteiger partial charge in [-0.2, -0.15) is 0 Å². The number of fused-ring (bicyclic) bond motifs is 1. The molecule has 6 heteroatoms. The summed E-state index contributed by atoms with van der Waals surface area (Å²) < 4.78 is 17.5. The molecule has 0 saturated heterocycles. The molecule has 0 spiro atoms. The van der Waals surface area contributed by atoms with Gasteiger partial charge in [0.25, 0.3) is 0 Å². The molecular weight excluding hydrogens is 414 g/mol. The lowest BCUT2D eigenvalue weighted by molar-refractivity contribution is 0.296. The van der Waals surface area contributed by atoms with E-state index in [1.165, 1.54) is 0 Å². The predicted octanol–water partition coefficient (Wildman–Crippen LogP) is 4.54. The summed E-state index contributed by atoms with van der Waals surface area (Å²) in [7, 11) is 1.66. The van der Waals surface area contributed by atoms with Gasteiger partial charge < -0.3 is 19.5 Å². The lowest BCUT2D eigenvalue weighted by Gasteiger charge is -2.16. The van der Waals surface area contributed by atoms with E-state index in [0.29, 0.717) is 13.2 Å². The summed E-state index contributed by atoms with van der Waals surface area (Å²) in [5, 5.41) is 3.41. The molecule has 1 N–H and O–H groups in total. The zero-order valence-electron chi connectivity index (χ0n) is 18.3. The summed E-state index contributed by atoms with van der Waals surface area (Å²) in [5.74, 6) is 3.06. The average molecular weight is 440 g/mol. The number of hydrogen-bond acceptors (Lipinski definition) is 6. The highest BCUT2D eigenvalue weighted by atomic mass is 16.5. The van der Waals surface area contributed by atoms with Crippen molar-refractivity contribution in [3.8, 4) is 17.2 Å². The Balaban J connectivity index is 1.38. The lowest BCUT2D eigenvalue weighted by atomic mass is 10.1. The monoisotopic (exact) mass is 439 g/mol. The second-order valence-electron chi connectivity index (χ2n) is 7.81. The molecule has 2 aliphatic heterocycles. The minimum Gasteiger partial charge on any atom is -0.497 e. The minimum absolute atomic E-state index is 0.0201. The number of hydrogen-bond donors (Lipinski definition) is 1. The van der Waals surface area contributed by atoms with E-state index in [0.717, 1.165) is 39.8 Å². The van der Waals surface area contributed by atoms with Crippen LogP contribution in [0.2, 0.25) is 0 Å². The van der Waals surface area contributed by atoms with Gasteiger partial charge in [-0.15, -0.1) is 0 Å². The smallest absolute Gasteiger partial charge is 0.146 e. The van der Waals surface area contributed by atoms with Crippen LogP contribution in [0.25, 0.3) is 0 Å². The first kappa shape index (κ1) is 20.8. The Morgan fingerprint density at radius 1 is 0.848 bits per heavy atom. The third-order valence-electron chi connectivity index (χ3n) is 5.54. The number of allylic oxidation sites excluding steroid dienone is 1. The van der Waals surface area contributed by atoms with Crippen molar-refractivity contribution in [3.63, 3.8) is 0 Å². The molecule has 3 aromatic rings. The van der Waals surface area contributed by atoms with E-state index >= 15 is 0 Å². The molecular formula is C27H25N3O3. The Hall–Kier alpha value is -4.06. The summed E-state index contributed by atoms with van der Waals surface area (Å²) in [6.45, 7) is 0.921. The van der Waals surface area contributed by atoms with Gasteiger partial charge in [-0.1, -0.05) is 48.5 Å². The van der Waals surface area contributed by atoms with Crippen LogP contribution >= 0.6 is 0 Å². The molecule has 2 unspecified atom stereocenters. The maximum Gasteiger partial charge on any atom is 0.146 e. The van der Waals surface area contributed by atoms with Crippen molar-refractivity contribution in [3.05, 3.63) is 102 Å². The maximum atomic E-state index is 6.21. The fourth-order valence-electron chi connectivity index (χ4n) is 3.74. The second kappa shape index (κ2) is 9.61. The standard InChI is InChI=1S/C27H25N3O3/c1-31-21-11-9-20(10-12-21)18-33-25-14-13-22(32-17-19-6-3-2-4-7-19)16-23(25)26-29-24-8-5-15-28-27(24)30-26/h2-16,24,27H,17-18H2,1H3,(H,29,30). The molecule has 0 aromatic heterocycles. The molecule has 3 aromatic carbocycles. The second-order valence-corrected chi connectivity index (χ2v) is 7.81. The fourth-order valence-corrected chi connectivity index (χ4v) is 3.74. The SMILES string of the molecule is COc1ccc(COc2ccc(OCc3ccccc3)cc2C2=NC3C=CC=NC3N2)cc1. The first-order valence-corrected chi connectivity index (χ1v) is 10.9. The summed E-state index contributed by atoms with van der Waals surface area (Å²) in [6.07, 6.45) is 5.68. The number of amidine groups is 1. The van der Waals surface area contributed by atoms with E-state index < -0.39 is 0 Å². The topological polar surface area (TPSA) is 64.4 Å². The molecule has 0 aliphatic carbocycles. The van der Waals surface area contributed by atoms with Crippen LogP contribution in [0.15, 0.2) is 94.9 Å². The molecule has 2 atom stereocenters. The molecule has 0 bridgehead atoms. The van der Waals surface area contributed by atoms with Crippen molar-refractivity contribution >= 4 is 12.1 Å². The Morgan fingerprint density at radius 3 is 2.39 bits per heavy atom. The van der Waals surface area contributed by atoms with Gasteiger partial charge in [-0.3, -0.25) is 9.98 Å². The fraction of sp³-hybridized carbons (Fsp3) is 0.185. The molecule has 166 valence electrons. The van der Waals surface area contributed by atoms with E-state index in [-0.39, 0.29) is 12.2 Å². The van der Waals surface area contributed by atoms with E-state index in [4.69, 9.17) is 19.2 Å². The van der Waals surface area contributed by atoms with Crippen molar-refractivity contribution in [2.75, 3.05) is 7.11 Å². The van der Waals surface area contributed by atoms with E-state index in [2.05, 4.69) is 10.3 Å². The minimum atomic E-state index is -0.0895. The van der Waals surface area contributed by atoms with Crippen LogP contribution in [-0.4, -0.2) is 31.4 Å². The third-order valence-corrected chi connectivity index (χ3v) is 5.54. The zero-order valence-corrected chi connectivity index (χ0v) is 18.3. The van der Waals surface area contributed by atoms with Gasteiger partial charge in [-0.25, -0.2) is 0 Å². The predicted molar refractivity (Wildman–Crippen MR) is 129 cm³/mol. The Morgan fingerprint density at radius 2 is 1.61 bits per heavy atom. The van der Waals surface area contributed by atoms with Gasteiger partial charge in [0, 0.05) is 6.21 Å². The van der Waals surface area contributed by atoms with Crippen molar-refractivity contribution in [1.29, 1.82) is 0 Å².